The molecule has 0 unspecified atom stereocenters. The van der Waals surface area contributed by atoms with Crippen molar-refractivity contribution in [2.75, 3.05) is 26.2 Å². The summed E-state index contributed by atoms with van der Waals surface area (Å²) < 4.78 is 5.40. The number of hydrogen-bond donors (Lipinski definition) is 1. The molecule has 0 bridgehead atoms. The minimum atomic E-state index is 0.236. The Bertz CT molecular complexity index is 373. The number of phenolic OH excluding ortho intramolecular Hbond substituents is 1. The molecule has 0 atom stereocenters. The largest absolute Gasteiger partial charge is 0.504 e. The van der Waals surface area contributed by atoms with Crippen LogP contribution in [0, 0.1) is 0 Å². The number of aryl methyl sites for hydroxylation is 1. The summed E-state index contributed by atoms with van der Waals surface area (Å²) in [5.41, 5.74) is 1.25. The summed E-state index contributed by atoms with van der Waals surface area (Å²) in [6, 6.07) is 5.68. The molecule has 2 rings (SSSR count). The summed E-state index contributed by atoms with van der Waals surface area (Å²) in [6.07, 6.45) is 4.94. The van der Waals surface area contributed by atoms with E-state index in [-0.39, 0.29) is 5.75 Å². The Labute approximate surface area is 109 Å². The number of hydrogen-bond acceptors (Lipinski definition) is 3. The fraction of sp³-hybridized carbons (Fsp3) is 0.600. The number of aromatic hydroxyl groups is 1. The van der Waals surface area contributed by atoms with Gasteiger partial charge < -0.3 is 14.7 Å². The fourth-order valence-electron chi connectivity index (χ4n) is 2.50. The van der Waals surface area contributed by atoms with Gasteiger partial charge in [-0.1, -0.05) is 6.07 Å². The summed E-state index contributed by atoms with van der Waals surface area (Å²) in [4.78, 5) is 2.53. The highest BCUT2D eigenvalue weighted by atomic mass is 16.5. The van der Waals surface area contributed by atoms with E-state index in [4.69, 9.17) is 4.74 Å². The summed E-state index contributed by atoms with van der Waals surface area (Å²) in [5, 5.41) is 9.63. The van der Waals surface area contributed by atoms with Crippen LogP contribution in [-0.4, -0.2) is 36.2 Å². The Hall–Kier alpha value is -1.22. The second-order valence-electron chi connectivity index (χ2n) is 4.89. The SMILES string of the molecule is CCOc1cc(CCCN2CCCC2)ccc1O. The molecule has 0 radical (unpaired) electrons. The van der Waals surface area contributed by atoms with Crippen molar-refractivity contribution in [1.29, 1.82) is 0 Å². The number of rotatable bonds is 6. The van der Waals surface area contributed by atoms with Gasteiger partial charge in [0.2, 0.25) is 0 Å². The van der Waals surface area contributed by atoms with Gasteiger partial charge >= 0.3 is 0 Å². The van der Waals surface area contributed by atoms with Gasteiger partial charge in [0.25, 0.3) is 0 Å². The molecule has 1 heterocycles. The molecule has 0 saturated carbocycles. The van der Waals surface area contributed by atoms with Crippen molar-refractivity contribution in [3.05, 3.63) is 23.8 Å². The van der Waals surface area contributed by atoms with Gasteiger partial charge in [0, 0.05) is 0 Å². The van der Waals surface area contributed by atoms with Gasteiger partial charge in [-0.05, 0) is 69.9 Å². The minimum absolute atomic E-state index is 0.236. The lowest BCUT2D eigenvalue weighted by Crippen LogP contribution is -2.20. The van der Waals surface area contributed by atoms with Gasteiger partial charge in [0.15, 0.2) is 11.5 Å². The first-order valence-corrected chi connectivity index (χ1v) is 6.96. The monoisotopic (exact) mass is 249 g/mol. The van der Waals surface area contributed by atoms with Crippen LogP contribution in [0.4, 0.5) is 0 Å². The van der Waals surface area contributed by atoms with Gasteiger partial charge in [-0.2, -0.15) is 0 Å². The zero-order chi connectivity index (χ0) is 12.8. The molecular formula is C15H23NO2. The number of likely N-dealkylation sites (tertiary alicyclic amines) is 1. The van der Waals surface area contributed by atoms with Crippen molar-refractivity contribution in [1.82, 2.24) is 4.90 Å². The number of ether oxygens (including phenoxy) is 1. The number of nitrogens with zero attached hydrogens (tertiary/aromatic N) is 1. The highest BCUT2D eigenvalue weighted by Gasteiger charge is 2.10. The first kappa shape index (κ1) is 13.2. The van der Waals surface area contributed by atoms with E-state index in [9.17, 15) is 5.11 Å². The maximum atomic E-state index is 9.63. The van der Waals surface area contributed by atoms with E-state index in [0.717, 1.165) is 6.42 Å². The number of benzene rings is 1. The third-order valence-electron chi connectivity index (χ3n) is 3.46. The molecule has 1 aromatic rings. The van der Waals surface area contributed by atoms with Gasteiger partial charge in [0.05, 0.1) is 6.61 Å². The van der Waals surface area contributed by atoms with E-state index in [2.05, 4.69) is 4.90 Å². The van der Waals surface area contributed by atoms with E-state index in [1.54, 1.807) is 6.07 Å². The Morgan fingerprint density at radius 3 is 2.78 bits per heavy atom. The van der Waals surface area contributed by atoms with Crippen LogP contribution in [0.2, 0.25) is 0 Å². The molecule has 3 nitrogen and oxygen atoms in total. The van der Waals surface area contributed by atoms with Crippen LogP contribution in [0.3, 0.4) is 0 Å². The Morgan fingerprint density at radius 2 is 2.06 bits per heavy atom. The molecular weight excluding hydrogens is 226 g/mol. The van der Waals surface area contributed by atoms with Crippen molar-refractivity contribution in [2.45, 2.75) is 32.6 Å². The van der Waals surface area contributed by atoms with Crippen LogP contribution in [0.1, 0.15) is 31.7 Å². The maximum Gasteiger partial charge on any atom is 0.161 e. The van der Waals surface area contributed by atoms with Gasteiger partial charge in [-0.15, -0.1) is 0 Å². The van der Waals surface area contributed by atoms with Crippen molar-refractivity contribution in [2.24, 2.45) is 0 Å². The maximum absolute atomic E-state index is 9.63. The molecule has 1 aliphatic heterocycles. The Morgan fingerprint density at radius 1 is 1.28 bits per heavy atom. The molecule has 0 aliphatic carbocycles. The average Bonchev–Trinajstić information content (AvgIpc) is 2.87. The first-order valence-electron chi connectivity index (χ1n) is 6.96. The quantitative estimate of drug-likeness (QED) is 0.841. The van der Waals surface area contributed by atoms with E-state index in [0.29, 0.717) is 12.4 Å². The van der Waals surface area contributed by atoms with Crippen molar-refractivity contribution < 1.29 is 9.84 Å². The smallest absolute Gasteiger partial charge is 0.161 e. The second kappa shape index (κ2) is 6.64. The van der Waals surface area contributed by atoms with E-state index in [1.807, 2.05) is 19.1 Å². The summed E-state index contributed by atoms with van der Waals surface area (Å²) >= 11 is 0. The molecule has 1 fully saturated rings. The second-order valence-corrected chi connectivity index (χ2v) is 4.89. The molecule has 0 spiro atoms. The zero-order valence-electron chi connectivity index (χ0n) is 11.2. The van der Waals surface area contributed by atoms with E-state index in [1.165, 1.54) is 44.5 Å². The average molecular weight is 249 g/mol. The highest BCUT2D eigenvalue weighted by molar-refractivity contribution is 5.41. The molecule has 18 heavy (non-hydrogen) atoms. The first-order chi connectivity index (χ1) is 8.79. The lowest BCUT2D eigenvalue weighted by Gasteiger charge is -2.14. The normalized spacial score (nSPS) is 16.1. The standard InChI is InChI=1S/C15H23NO2/c1-2-18-15-12-13(7-8-14(15)17)6-5-11-16-9-3-4-10-16/h7-8,12,17H,2-6,9-11H2,1H3. The predicted molar refractivity (Wildman–Crippen MR) is 73.3 cm³/mol. The third kappa shape index (κ3) is 3.64. The van der Waals surface area contributed by atoms with Gasteiger partial charge in [-0.25, -0.2) is 0 Å². The third-order valence-corrected chi connectivity index (χ3v) is 3.46. The van der Waals surface area contributed by atoms with Crippen LogP contribution < -0.4 is 4.74 Å². The minimum Gasteiger partial charge on any atom is -0.504 e. The highest BCUT2D eigenvalue weighted by Crippen LogP contribution is 2.27. The van der Waals surface area contributed by atoms with Crippen LogP contribution in [-0.2, 0) is 6.42 Å². The van der Waals surface area contributed by atoms with Gasteiger partial charge in [-0.3, -0.25) is 0 Å². The van der Waals surface area contributed by atoms with E-state index < -0.39 is 0 Å². The molecule has 1 aliphatic rings. The van der Waals surface area contributed by atoms with Crippen LogP contribution in [0.5, 0.6) is 11.5 Å². The summed E-state index contributed by atoms with van der Waals surface area (Å²) in [6.45, 7) is 6.23. The molecule has 100 valence electrons. The lowest BCUT2D eigenvalue weighted by molar-refractivity contribution is 0.317. The Kier molecular flexibility index (Phi) is 4.88. The molecule has 0 amide bonds. The molecule has 1 saturated heterocycles. The van der Waals surface area contributed by atoms with E-state index >= 15 is 0 Å². The Balaban J connectivity index is 1.82. The van der Waals surface area contributed by atoms with Crippen molar-refractivity contribution in [3.8, 4) is 11.5 Å². The zero-order valence-corrected chi connectivity index (χ0v) is 11.2. The van der Waals surface area contributed by atoms with Gasteiger partial charge in [0.1, 0.15) is 0 Å². The summed E-state index contributed by atoms with van der Waals surface area (Å²) in [5.74, 6) is 0.844. The lowest BCUT2D eigenvalue weighted by atomic mass is 10.1. The molecule has 1 aromatic carbocycles. The number of phenols is 1. The molecule has 0 aromatic heterocycles. The van der Waals surface area contributed by atoms with Crippen molar-refractivity contribution >= 4 is 0 Å². The van der Waals surface area contributed by atoms with Crippen LogP contribution in [0.25, 0.3) is 0 Å². The summed E-state index contributed by atoms with van der Waals surface area (Å²) in [7, 11) is 0. The molecule has 1 N–H and O–H groups in total. The molecule has 3 heteroatoms. The topological polar surface area (TPSA) is 32.7 Å². The van der Waals surface area contributed by atoms with Crippen LogP contribution >= 0.6 is 0 Å². The van der Waals surface area contributed by atoms with Crippen molar-refractivity contribution in [3.63, 3.8) is 0 Å². The predicted octanol–water partition coefficient (Wildman–Crippen LogP) is 2.82. The fourth-order valence-corrected chi connectivity index (χ4v) is 2.50. The van der Waals surface area contributed by atoms with Crippen LogP contribution in [0.15, 0.2) is 18.2 Å².